The van der Waals surface area contributed by atoms with Gasteiger partial charge in [-0.05, 0) is 23.9 Å². The number of hydrogen-bond acceptors (Lipinski definition) is 6. The number of aromatic nitrogens is 3. The predicted molar refractivity (Wildman–Crippen MR) is 73.7 cm³/mol. The maximum atomic E-state index is 5.51. The fourth-order valence-electron chi connectivity index (χ4n) is 1.47. The number of thiazole rings is 1. The minimum atomic E-state index is 0.464. The van der Waals surface area contributed by atoms with Crippen LogP contribution in [0.4, 0.5) is 0 Å². The van der Waals surface area contributed by atoms with Crippen LogP contribution in [-0.4, -0.2) is 15.0 Å². The molecule has 0 aliphatic rings. The molecule has 0 atom stereocenters. The van der Waals surface area contributed by atoms with Crippen LogP contribution in [0.2, 0.25) is 0 Å². The van der Waals surface area contributed by atoms with E-state index < -0.39 is 0 Å². The number of nitrogens with two attached hydrogens (primary N) is 1. The average Bonchev–Trinajstić information content (AvgIpc) is 2.82. The van der Waals surface area contributed by atoms with Gasteiger partial charge in [0.25, 0.3) is 0 Å². The summed E-state index contributed by atoms with van der Waals surface area (Å²) in [6.07, 6.45) is 3.51. The van der Waals surface area contributed by atoms with Crippen molar-refractivity contribution in [3.8, 4) is 0 Å². The van der Waals surface area contributed by atoms with Crippen molar-refractivity contribution in [3.63, 3.8) is 0 Å². The zero-order valence-corrected chi connectivity index (χ0v) is 11.0. The Morgan fingerprint density at radius 2 is 1.94 bits per heavy atom. The molecule has 0 saturated carbocycles. The van der Waals surface area contributed by atoms with Crippen LogP contribution in [0.3, 0.4) is 0 Å². The molecule has 0 radical (unpaired) electrons. The molecule has 0 unspecified atom stereocenters. The number of rotatable bonds is 3. The Hall–Kier alpha value is -1.50. The normalized spacial score (nSPS) is 10.9. The van der Waals surface area contributed by atoms with Gasteiger partial charge in [-0.25, -0.2) is 15.0 Å². The second-order valence-corrected chi connectivity index (χ2v) is 5.87. The Morgan fingerprint density at radius 1 is 1.17 bits per heavy atom. The van der Waals surface area contributed by atoms with Gasteiger partial charge in [0.1, 0.15) is 0 Å². The SMILES string of the molecule is NCc1cnc(Sc2nc3ccccc3s2)nc1. The number of fused-ring (bicyclic) bond motifs is 1. The number of para-hydroxylation sites is 1. The van der Waals surface area contributed by atoms with Crippen molar-refractivity contribution >= 4 is 33.3 Å². The summed E-state index contributed by atoms with van der Waals surface area (Å²) in [5.41, 5.74) is 7.46. The molecule has 0 spiro atoms. The molecule has 4 nitrogen and oxygen atoms in total. The molecule has 0 aliphatic carbocycles. The lowest BCUT2D eigenvalue weighted by molar-refractivity contribution is 0.913. The summed E-state index contributed by atoms with van der Waals surface area (Å²) < 4.78 is 2.13. The fourth-order valence-corrected chi connectivity index (χ4v) is 3.34. The standard InChI is InChI=1S/C12H10N4S2/c13-5-8-6-14-11(15-7-8)18-12-16-9-3-1-2-4-10(9)17-12/h1-4,6-7H,5,13H2. The van der Waals surface area contributed by atoms with Crippen molar-refractivity contribution < 1.29 is 0 Å². The lowest BCUT2D eigenvalue weighted by Gasteiger charge is -1.97. The summed E-state index contributed by atoms with van der Waals surface area (Å²) in [6, 6.07) is 8.08. The predicted octanol–water partition coefficient (Wildman–Crippen LogP) is 2.70. The van der Waals surface area contributed by atoms with Gasteiger partial charge in [-0.1, -0.05) is 12.1 Å². The molecular weight excluding hydrogens is 264 g/mol. The van der Waals surface area contributed by atoms with E-state index in [1.807, 2.05) is 18.2 Å². The third kappa shape index (κ3) is 2.35. The summed E-state index contributed by atoms with van der Waals surface area (Å²) in [5.74, 6) is 0. The molecule has 0 bridgehead atoms. The summed E-state index contributed by atoms with van der Waals surface area (Å²) in [7, 11) is 0. The minimum absolute atomic E-state index is 0.464. The molecule has 1 aromatic carbocycles. The molecule has 0 aliphatic heterocycles. The van der Waals surface area contributed by atoms with Crippen LogP contribution in [-0.2, 0) is 6.54 Å². The first-order chi connectivity index (χ1) is 8.85. The average molecular weight is 274 g/mol. The molecular formula is C12H10N4S2. The van der Waals surface area contributed by atoms with Crippen molar-refractivity contribution in [2.24, 2.45) is 5.73 Å². The van der Waals surface area contributed by atoms with E-state index in [1.54, 1.807) is 23.7 Å². The third-order valence-corrected chi connectivity index (χ3v) is 4.36. The van der Waals surface area contributed by atoms with Gasteiger partial charge < -0.3 is 5.73 Å². The van der Waals surface area contributed by atoms with E-state index in [0.717, 1.165) is 15.4 Å². The molecule has 2 heterocycles. The van der Waals surface area contributed by atoms with Gasteiger partial charge in [0.15, 0.2) is 9.50 Å². The van der Waals surface area contributed by atoms with E-state index in [9.17, 15) is 0 Å². The van der Waals surface area contributed by atoms with Gasteiger partial charge in [-0.15, -0.1) is 11.3 Å². The van der Waals surface area contributed by atoms with Crippen molar-refractivity contribution in [2.75, 3.05) is 0 Å². The van der Waals surface area contributed by atoms with E-state index in [2.05, 4.69) is 21.0 Å². The van der Waals surface area contributed by atoms with Crippen LogP contribution in [0, 0.1) is 0 Å². The second-order valence-electron chi connectivity index (χ2n) is 3.63. The maximum Gasteiger partial charge on any atom is 0.194 e. The first kappa shape index (κ1) is 11.6. The Bertz CT molecular complexity index is 630. The van der Waals surface area contributed by atoms with Gasteiger partial charge in [-0.3, -0.25) is 0 Å². The van der Waals surface area contributed by atoms with E-state index >= 15 is 0 Å². The molecule has 0 saturated heterocycles. The van der Waals surface area contributed by atoms with Gasteiger partial charge in [0.05, 0.1) is 10.2 Å². The quantitative estimate of drug-likeness (QED) is 0.744. The van der Waals surface area contributed by atoms with Crippen LogP contribution in [0.15, 0.2) is 46.2 Å². The highest BCUT2D eigenvalue weighted by Gasteiger charge is 2.06. The van der Waals surface area contributed by atoms with Crippen LogP contribution < -0.4 is 5.73 Å². The van der Waals surface area contributed by atoms with Crippen LogP contribution in [0.5, 0.6) is 0 Å². The summed E-state index contributed by atoms with van der Waals surface area (Å²) >= 11 is 3.13. The smallest absolute Gasteiger partial charge is 0.194 e. The lowest BCUT2D eigenvalue weighted by Crippen LogP contribution is -1.98. The zero-order chi connectivity index (χ0) is 12.4. The Balaban J connectivity index is 1.86. The van der Waals surface area contributed by atoms with Crippen LogP contribution in [0.1, 0.15) is 5.56 Å². The minimum Gasteiger partial charge on any atom is -0.326 e. The van der Waals surface area contributed by atoms with E-state index in [4.69, 9.17) is 5.73 Å². The number of hydrogen-bond donors (Lipinski definition) is 1. The van der Waals surface area contributed by atoms with Gasteiger partial charge >= 0.3 is 0 Å². The highest BCUT2D eigenvalue weighted by Crippen LogP contribution is 2.32. The molecule has 2 N–H and O–H groups in total. The first-order valence-corrected chi connectivity index (χ1v) is 7.03. The highest BCUT2D eigenvalue weighted by molar-refractivity contribution is 8.01. The van der Waals surface area contributed by atoms with Gasteiger partial charge in [0, 0.05) is 24.5 Å². The number of benzene rings is 1. The molecule has 2 aromatic heterocycles. The van der Waals surface area contributed by atoms with Crippen LogP contribution in [0.25, 0.3) is 10.2 Å². The van der Waals surface area contributed by atoms with Gasteiger partial charge in [0.2, 0.25) is 0 Å². The van der Waals surface area contributed by atoms with Crippen molar-refractivity contribution in [1.29, 1.82) is 0 Å². The third-order valence-electron chi connectivity index (χ3n) is 2.37. The molecule has 18 heavy (non-hydrogen) atoms. The van der Waals surface area contributed by atoms with E-state index in [0.29, 0.717) is 11.7 Å². The van der Waals surface area contributed by atoms with Crippen LogP contribution >= 0.6 is 23.1 Å². The van der Waals surface area contributed by atoms with E-state index in [1.165, 1.54) is 16.5 Å². The molecule has 0 fully saturated rings. The Morgan fingerprint density at radius 3 is 2.67 bits per heavy atom. The van der Waals surface area contributed by atoms with Gasteiger partial charge in [-0.2, -0.15) is 0 Å². The number of nitrogens with zero attached hydrogens (tertiary/aromatic N) is 3. The maximum absolute atomic E-state index is 5.51. The molecule has 3 aromatic rings. The topological polar surface area (TPSA) is 64.7 Å². The lowest BCUT2D eigenvalue weighted by atomic mass is 10.3. The highest BCUT2D eigenvalue weighted by atomic mass is 32.2. The molecule has 0 amide bonds. The largest absolute Gasteiger partial charge is 0.326 e. The summed E-state index contributed by atoms with van der Waals surface area (Å²) in [4.78, 5) is 13.0. The monoisotopic (exact) mass is 274 g/mol. The van der Waals surface area contributed by atoms with Crippen molar-refractivity contribution in [1.82, 2.24) is 15.0 Å². The second kappa shape index (κ2) is 5.01. The van der Waals surface area contributed by atoms with E-state index in [-0.39, 0.29) is 0 Å². The molecule has 3 rings (SSSR count). The Kier molecular flexibility index (Phi) is 3.22. The summed E-state index contributed by atoms with van der Waals surface area (Å²) in [6.45, 7) is 0.464. The summed E-state index contributed by atoms with van der Waals surface area (Å²) in [5, 5.41) is 0.700. The fraction of sp³-hybridized carbons (Fsp3) is 0.0833. The first-order valence-electron chi connectivity index (χ1n) is 5.39. The molecule has 6 heteroatoms. The Labute approximate surface area is 112 Å². The zero-order valence-electron chi connectivity index (χ0n) is 9.41. The van der Waals surface area contributed by atoms with Crippen molar-refractivity contribution in [2.45, 2.75) is 16.0 Å². The van der Waals surface area contributed by atoms with Crippen molar-refractivity contribution in [3.05, 3.63) is 42.2 Å². The molecule has 90 valence electrons.